The van der Waals surface area contributed by atoms with E-state index in [0.29, 0.717) is 6.61 Å². The van der Waals surface area contributed by atoms with Gasteiger partial charge in [-0.15, -0.1) is 0 Å². The van der Waals surface area contributed by atoms with Crippen LogP contribution in [0.2, 0.25) is 0 Å². The second kappa shape index (κ2) is 8.94. The minimum absolute atomic E-state index is 0.0144. The minimum Gasteiger partial charge on any atom is -0.394 e. The Bertz CT molecular complexity index is 725. The van der Waals surface area contributed by atoms with Crippen molar-refractivity contribution >= 4 is 0 Å². The van der Waals surface area contributed by atoms with Crippen molar-refractivity contribution in [2.45, 2.75) is 63.5 Å². The van der Waals surface area contributed by atoms with E-state index in [4.69, 9.17) is 14.2 Å². The highest BCUT2D eigenvalue weighted by atomic mass is 16.8. The molecule has 2 aromatic rings. The van der Waals surface area contributed by atoms with Gasteiger partial charge in [0.1, 0.15) is 12.2 Å². The molecule has 4 rings (SSSR count). The summed E-state index contributed by atoms with van der Waals surface area (Å²) in [5, 5.41) is 9.23. The molecule has 0 radical (unpaired) electrons. The summed E-state index contributed by atoms with van der Waals surface area (Å²) < 4.78 is 18.5. The second-order valence-electron chi connectivity index (χ2n) is 8.38. The largest absolute Gasteiger partial charge is 0.394 e. The van der Waals surface area contributed by atoms with Crippen LogP contribution in [0.3, 0.4) is 0 Å². The molecule has 5 nitrogen and oxygen atoms in total. The Morgan fingerprint density at radius 3 is 2.03 bits per heavy atom. The van der Waals surface area contributed by atoms with E-state index in [1.54, 1.807) is 0 Å². The van der Waals surface area contributed by atoms with Crippen molar-refractivity contribution < 1.29 is 19.3 Å². The van der Waals surface area contributed by atoms with Crippen LogP contribution < -0.4 is 0 Å². The maximum atomic E-state index is 9.23. The van der Waals surface area contributed by atoms with E-state index in [-0.39, 0.29) is 31.0 Å². The number of nitrogens with zero attached hydrogens (tertiary/aromatic N) is 1. The SMILES string of the molecule is CC1(C)O[C@@H]2[C@H](O1)[C@@H](OCCO)C[C@H]2N(Cc1ccccc1)Cc1ccccc1. The molecular formula is C24H31NO4. The Morgan fingerprint density at radius 2 is 1.48 bits per heavy atom. The smallest absolute Gasteiger partial charge is 0.163 e. The van der Waals surface area contributed by atoms with E-state index in [1.165, 1.54) is 11.1 Å². The molecule has 29 heavy (non-hydrogen) atoms. The van der Waals surface area contributed by atoms with Crippen LogP contribution in [0.1, 0.15) is 31.4 Å². The van der Waals surface area contributed by atoms with Gasteiger partial charge in [0.25, 0.3) is 0 Å². The van der Waals surface area contributed by atoms with Gasteiger partial charge in [0, 0.05) is 19.1 Å². The van der Waals surface area contributed by atoms with Crippen molar-refractivity contribution in [2.75, 3.05) is 13.2 Å². The van der Waals surface area contributed by atoms with Gasteiger partial charge >= 0.3 is 0 Å². The zero-order valence-electron chi connectivity index (χ0n) is 17.2. The average Bonchev–Trinajstić information content (AvgIpc) is 3.20. The van der Waals surface area contributed by atoms with Crippen LogP contribution in [0.15, 0.2) is 60.7 Å². The lowest BCUT2D eigenvalue weighted by Crippen LogP contribution is -2.42. The molecule has 156 valence electrons. The van der Waals surface area contributed by atoms with Gasteiger partial charge in [-0.3, -0.25) is 4.90 Å². The fourth-order valence-corrected chi connectivity index (χ4v) is 4.56. The molecule has 0 aromatic heterocycles. The first kappa shape index (κ1) is 20.5. The van der Waals surface area contributed by atoms with Crippen LogP contribution in [0.4, 0.5) is 0 Å². The highest BCUT2D eigenvalue weighted by Gasteiger charge is 2.55. The predicted molar refractivity (Wildman–Crippen MR) is 111 cm³/mol. The van der Waals surface area contributed by atoms with Crippen molar-refractivity contribution in [3.63, 3.8) is 0 Å². The molecular weight excluding hydrogens is 366 g/mol. The lowest BCUT2D eigenvalue weighted by Gasteiger charge is -2.33. The monoisotopic (exact) mass is 397 g/mol. The standard InChI is InChI=1S/C24H31NO4/c1-24(2)28-22-20(15-21(23(22)29-24)27-14-13-26)25(16-18-9-5-3-6-10-18)17-19-11-7-4-8-12-19/h3-12,20-23,26H,13-17H2,1-2H3/t20-,21+,22+,23-/m1/s1. The molecule has 0 amide bonds. The molecule has 2 aromatic carbocycles. The zero-order chi connectivity index (χ0) is 20.3. The zero-order valence-corrected chi connectivity index (χ0v) is 17.2. The Kier molecular flexibility index (Phi) is 6.32. The number of fused-ring (bicyclic) bond motifs is 1. The minimum atomic E-state index is -0.625. The van der Waals surface area contributed by atoms with Crippen molar-refractivity contribution in [1.29, 1.82) is 0 Å². The summed E-state index contributed by atoms with van der Waals surface area (Å²) in [6, 6.07) is 21.3. The molecule has 1 saturated carbocycles. The predicted octanol–water partition coefficient (Wildman–Crippen LogP) is 3.36. The molecule has 1 heterocycles. The Labute approximate surface area is 173 Å². The molecule has 0 bridgehead atoms. The van der Waals surface area contributed by atoms with Gasteiger partial charge in [0.05, 0.1) is 19.3 Å². The molecule has 1 aliphatic heterocycles. The normalized spacial score (nSPS) is 28.0. The molecule has 4 atom stereocenters. The van der Waals surface area contributed by atoms with E-state index in [1.807, 2.05) is 26.0 Å². The van der Waals surface area contributed by atoms with Crippen molar-refractivity contribution in [3.8, 4) is 0 Å². The first-order valence-corrected chi connectivity index (χ1v) is 10.5. The summed E-state index contributed by atoms with van der Waals surface area (Å²) in [7, 11) is 0. The molecule has 1 N–H and O–H groups in total. The van der Waals surface area contributed by atoms with Crippen molar-refractivity contribution in [1.82, 2.24) is 4.90 Å². The van der Waals surface area contributed by atoms with E-state index in [2.05, 4.69) is 53.4 Å². The van der Waals surface area contributed by atoms with Crippen molar-refractivity contribution in [2.24, 2.45) is 0 Å². The quantitative estimate of drug-likeness (QED) is 0.740. The van der Waals surface area contributed by atoms with Gasteiger partial charge in [0.2, 0.25) is 0 Å². The van der Waals surface area contributed by atoms with Gasteiger partial charge in [0.15, 0.2) is 5.79 Å². The van der Waals surface area contributed by atoms with Crippen LogP contribution in [0.25, 0.3) is 0 Å². The molecule has 2 fully saturated rings. The van der Waals surface area contributed by atoms with Crippen LogP contribution in [0, 0.1) is 0 Å². The van der Waals surface area contributed by atoms with Gasteiger partial charge < -0.3 is 19.3 Å². The summed E-state index contributed by atoms with van der Waals surface area (Å²) in [4.78, 5) is 2.48. The average molecular weight is 398 g/mol. The number of rotatable bonds is 8. The third kappa shape index (κ3) is 4.87. The second-order valence-corrected chi connectivity index (χ2v) is 8.38. The summed E-state index contributed by atoms with van der Waals surface area (Å²) in [6.45, 7) is 5.93. The maximum Gasteiger partial charge on any atom is 0.163 e. The fraction of sp³-hybridized carbons (Fsp3) is 0.500. The summed E-state index contributed by atoms with van der Waals surface area (Å²) in [6.07, 6.45) is 0.579. The van der Waals surface area contributed by atoms with Gasteiger partial charge in [-0.25, -0.2) is 0 Å². The van der Waals surface area contributed by atoms with E-state index in [9.17, 15) is 5.11 Å². The van der Waals surface area contributed by atoms with Crippen LogP contribution in [0.5, 0.6) is 0 Å². The van der Waals surface area contributed by atoms with Gasteiger partial charge in [-0.1, -0.05) is 60.7 Å². The highest BCUT2D eigenvalue weighted by molar-refractivity contribution is 5.18. The number of ether oxygens (including phenoxy) is 3. The summed E-state index contributed by atoms with van der Waals surface area (Å²) in [5.41, 5.74) is 2.55. The van der Waals surface area contributed by atoms with E-state index in [0.717, 1.165) is 19.5 Å². The molecule has 5 heteroatoms. The Hall–Kier alpha value is -1.76. The number of hydrogen-bond donors (Lipinski definition) is 1. The lowest BCUT2D eigenvalue weighted by molar-refractivity contribution is -0.173. The molecule has 2 aliphatic rings. The third-order valence-corrected chi connectivity index (χ3v) is 5.73. The number of aliphatic hydroxyl groups excluding tert-OH is 1. The Balaban J connectivity index is 1.59. The maximum absolute atomic E-state index is 9.23. The summed E-state index contributed by atoms with van der Waals surface area (Å²) in [5.74, 6) is -0.625. The van der Waals surface area contributed by atoms with Gasteiger partial charge in [-0.05, 0) is 31.4 Å². The third-order valence-electron chi connectivity index (χ3n) is 5.73. The van der Waals surface area contributed by atoms with E-state index < -0.39 is 5.79 Å². The highest BCUT2D eigenvalue weighted by Crippen LogP contribution is 2.42. The van der Waals surface area contributed by atoms with E-state index >= 15 is 0 Å². The molecule has 1 saturated heterocycles. The van der Waals surface area contributed by atoms with Crippen LogP contribution in [-0.2, 0) is 27.3 Å². The van der Waals surface area contributed by atoms with Crippen LogP contribution >= 0.6 is 0 Å². The fourth-order valence-electron chi connectivity index (χ4n) is 4.56. The van der Waals surface area contributed by atoms with Crippen LogP contribution in [-0.4, -0.2) is 53.4 Å². The first-order chi connectivity index (χ1) is 14.1. The number of aliphatic hydroxyl groups is 1. The molecule has 0 spiro atoms. The lowest BCUT2D eigenvalue weighted by atomic mass is 10.1. The topological polar surface area (TPSA) is 51.2 Å². The molecule has 1 aliphatic carbocycles. The number of benzene rings is 2. The molecule has 0 unspecified atom stereocenters. The first-order valence-electron chi connectivity index (χ1n) is 10.5. The Morgan fingerprint density at radius 1 is 0.931 bits per heavy atom. The van der Waals surface area contributed by atoms with Gasteiger partial charge in [-0.2, -0.15) is 0 Å². The summed E-state index contributed by atoms with van der Waals surface area (Å²) >= 11 is 0. The number of hydrogen-bond acceptors (Lipinski definition) is 5. The van der Waals surface area contributed by atoms with Crippen molar-refractivity contribution in [3.05, 3.63) is 71.8 Å².